The van der Waals surface area contributed by atoms with Crippen molar-refractivity contribution >= 4 is 35.0 Å². The number of carbonyl (C=O) groups is 1. The van der Waals surface area contributed by atoms with Crippen molar-refractivity contribution in [1.82, 2.24) is 4.57 Å². The highest BCUT2D eigenvalue weighted by Gasteiger charge is 2.45. The molecule has 0 bridgehead atoms. The molecule has 0 unspecified atom stereocenters. The molecule has 0 amide bonds. The minimum atomic E-state index is -5.02. The molecule has 0 N–H and O–H groups in total. The first-order valence-corrected chi connectivity index (χ1v) is 13.1. The van der Waals surface area contributed by atoms with E-state index in [1.165, 1.54) is 43.3 Å². The molecule has 2 aromatic carbocycles. The number of aromatic nitrogens is 1. The lowest BCUT2D eigenvalue weighted by molar-refractivity contribution is -0.140. The molecule has 210 valence electrons. The normalized spacial score (nSPS) is 14.9. The highest BCUT2D eigenvalue weighted by atomic mass is 35.5. The number of benzene rings is 2. The summed E-state index contributed by atoms with van der Waals surface area (Å²) >= 11 is 6.72. The number of thiazole rings is 1. The first-order chi connectivity index (χ1) is 19.6. The lowest BCUT2D eigenvalue weighted by atomic mass is 9.95. The summed E-state index contributed by atoms with van der Waals surface area (Å²) in [6.45, 7) is 1.17. The maximum atomic E-state index is 14.3. The molecular formula is C29H20ClF3N2O5S. The highest BCUT2D eigenvalue weighted by molar-refractivity contribution is 7.07. The fourth-order valence-electron chi connectivity index (χ4n) is 4.04. The van der Waals surface area contributed by atoms with Crippen LogP contribution in [0.1, 0.15) is 24.1 Å². The van der Waals surface area contributed by atoms with Crippen molar-refractivity contribution in [3.8, 4) is 36.2 Å². The van der Waals surface area contributed by atoms with Gasteiger partial charge in [0.2, 0.25) is 0 Å². The number of esters is 1. The van der Waals surface area contributed by atoms with Gasteiger partial charge in [-0.15, -0.1) is 12.8 Å². The maximum Gasteiger partial charge on any atom is 0.434 e. The third-order valence-corrected chi connectivity index (χ3v) is 6.92. The van der Waals surface area contributed by atoms with E-state index in [1.54, 1.807) is 12.1 Å². The molecule has 41 heavy (non-hydrogen) atoms. The second kappa shape index (κ2) is 12.4. The molecule has 0 radical (unpaired) electrons. The second-order valence-corrected chi connectivity index (χ2v) is 9.75. The van der Waals surface area contributed by atoms with Crippen molar-refractivity contribution in [2.45, 2.75) is 19.1 Å². The number of rotatable bonds is 8. The van der Waals surface area contributed by atoms with E-state index < -0.39 is 35.0 Å². The van der Waals surface area contributed by atoms with Gasteiger partial charge in [-0.2, -0.15) is 13.2 Å². The quantitative estimate of drug-likeness (QED) is 0.288. The molecule has 1 aliphatic rings. The Kier molecular flexibility index (Phi) is 8.92. The second-order valence-electron chi connectivity index (χ2n) is 8.30. The standard InChI is InChI=1S/C29H20ClF3N2O5S/c1-4-13-39-20-12-9-18(21(16-20)40-14-5-2)15-22-26(36)35-24(17-7-10-19(30)11-8-17)23(27(37)38-6-3)25(29(31,32)33)34-28(35)41-22/h1-2,7-12,15-16,24H,6,13-14H2,3H3/b22-15+/t24-/m0/s1. The molecule has 0 saturated carbocycles. The summed E-state index contributed by atoms with van der Waals surface area (Å²) in [5, 5.41) is 0.313. The zero-order valence-electron chi connectivity index (χ0n) is 21.3. The number of nitrogens with zero attached hydrogens (tertiary/aromatic N) is 2. The van der Waals surface area contributed by atoms with Gasteiger partial charge in [0.25, 0.3) is 5.56 Å². The van der Waals surface area contributed by atoms with Crippen LogP contribution < -0.4 is 24.4 Å². The van der Waals surface area contributed by atoms with Crippen LogP contribution in [0.2, 0.25) is 5.02 Å². The number of fused-ring (bicyclic) bond motifs is 1. The van der Waals surface area contributed by atoms with Crippen molar-refractivity contribution in [1.29, 1.82) is 0 Å². The van der Waals surface area contributed by atoms with E-state index in [-0.39, 0.29) is 40.5 Å². The van der Waals surface area contributed by atoms with Crippen LogP contribution in [0.5, 0.6) is 11.5 Å². The Hall–Kier alpha value is -4.45. The number of hydrogen-bond donors (Lipinski definition) is 0. The topological polar surface area (TPSA) is 79.1 Å². The van der Waals surface area contributed by atoms with Gasteiger partial charge in [-0.3, -0.25) is 9.36 Å². The summed E-state index contributed by atoms with van der Waals surface area (Å²) in [5.74, 6) is 4.07. The molecule has 3 aromatic rings. The monoisotopic (exact) mass is 600 g/mol. The van der Waals surface area contributed by atoms with Crippen molar-refractivity contribution in [2.24, 2.45) is 4.99 Å². The van der Waals surface area contributed by atoms with E-state index in [2.05, 4.69) is 16.8 Å². The highest BCUT2D eigenvalue weighted by Crippen LogP contribution is 2.38. The first-order valence-electron chi connectivity index (χ1n) is 11.9. The molecule has 0 aliphatic carbocycles. The van der Waals surface area contributed by atoms with Gasteiger partial charge in [-0.1, -0.05) is 46.9 Å². The molecule has 7 nitrogen and oxygen atoms in total. The zero-order chi connectivity index (χ0) is 29.7. The summed E-state index contributed by atoms with van der Waals surface area (Å²) in [6, 6.07) is 8.96. The van der Waals surface area contributed by atoms with Gasteiger partial charge in [-0.25, -0.2) is 9.79 Å². The van der Waals surface area contributed by atoms with E-state index >= 15 is 0 Å². The fourth-order valence-corrected chi connectivity index (χ4v) is 5.15. The number of alkyl halides is 3. The van der Waals surface area contributed by atoms with E-state index in [0.29, 0.717) is 16.3 Å². The van der Waals surface area contributed by atoms with Crippen molar-refractivity contribution in [3.63, 3.8) is 0 Å². The van der Waals surface area contributed by atoms with Crippen LogP contribution in [0.4, 0.5) is 13.2 Å². The number of ether oxygens (including phenoxy) is 3. The Morgan fingerprint density at radius 3 is 2.46 bits per heavy atom. The van der Waals surface area contributed by atoms with Gasteiger partial charge in [0.05, 0.1) is 22.8 Å². The van der Waals surface area contributed by atoms with Crippen LogP contribution in [-0.4, -0.2) is 36.5 Å². The van der Waals surface area contributed by atoms with Crippen LogP contribution >= 0.6 is 22.9 Å². The average Bonchev–Trinajstić information content (AvgIpc) is 3.25. The Morgan fingerprint density at radius 2 is 1.83 bits per heavy atom. The van der Waals surface area contributed by atoms with E-state index in [1.807, 2.05) is 0 Å². The minimum Gasteiger partial charge on any atom is -0.481 e. The van der Waals surface area contributed by atoms with Crippen LogP contribution in [0.3, 0.4) is 0 Å². The number of halogens is 4. The van der Waals surface area contributed by atoms with Crippen LogP contribution in [0.15, 0.2) is 63.5 Å². The Morgan fingerprint density at radius 1 is 1.15 bits per heavy atom. The van der Waals surface area contributed by atoms with Crippen LogP contribution in [-0.2, 0) is 9.53 Å². The summed E-state index contributed by atoms with van der Waals surface area (Å²) in [5.41, 5.74) is -2.35. The molecular weight excluding hydrogens is 581 g/mol. The molecule has 4 rings (SSSR count). The van der Waals surface area contributed by atoms with Crippen molar-refractivity contribution < 1.29 is 32.2 Å². The predicted molar refractivity (Wildman–Crippen MR) is 147 cm³/mol. The van der Waals surface area contributed by atoms with Crippen LogP contribution in [0.25, 0.3) is 6.08 Å². The predicted octanol–water partition coefficient (Wildman–Crippen LogP) is 4.02. The molecule has 0 spiro atoms. The zero-order valence-corrected chi connectivity index (χ0v) is 22.9. The van der Waals surface area contributed by atoms with Gasteiger partial charge in [0.1, 0.15) is 24.7 Å². The number of hydrogen-bond acceptors (Lipinski definition) is 7. The summed E-state index contributed by atoms with van der Waals surface area (Å²) in [6.07, 6.45) is 6.98. The third-order valence-electron chi connectivity index (χ3n) is 5.69. The van der Waals surface area contributed by atoms with Crippen molar-refractivity contribution in [2.75, 3.05) is 19.8 Å². The van der Waals surface area contributed by atoms with Crippen molar-refractivity contribution in [3.05, 3.63) is 89.6 Å². The van der Waals surface area contributed by atoms with Gasteiger partial charge in [0, 0.05) is 16.7 Å². The van der Waals surface area contributed by atoms with Gasteiger partial charge < -0.3 is 14.2 Å². The molecule has 12 heteroatoms. The SMILES string of the molecule is C#CCOc1ccc(/C=c2/sc3n(c2=O)[C@@H](c2ccc(Cl)cc2)C(C(=O)OCC)=C(C(F)(F)F)N=3)c(OCC#C)c1. The Bertz CT molecular complexity index is 1780. The lowest BCUT2D eigenvalue weighted by Crippen LogP contribution is -2.41. The third kappa shape index (κ3) is 6.32. The van der Waals surface area contributed by atoms with Gasteiger partial charge >= 0.3 is 12.1 Å². The number of allylic oxidation sites excluding steroid dienone is 1. The Labute approximate surface area is 241 Å². The van der Waals surface area contributed by atoms with E-state index in [4.69, 9.17) is 38.7 Å². The molecule has 2 heterocycles. The average molecular weight is 601 g/mol. The fraction of sp³-hybridized carbons (Fsp3) is 0.207. The summed E-state index contributed by atoms with van der Waals surface area (Å²) in [7, 11) is 0. The lowest BCUT2D eigenvalue weighted by Gasteiger charge is -2.26. The minimum absolute atomic E-state index is 0.00155. The molecule has 0 saturated heterocycles. The van der Waals surface area contributed by atoms with Gasteiger partial charge in [0.15, 0.2) is 10.5 Å². The summed E-state index contributed by atoms with van der Waals surface area (Å²) < 4.78 is 59.8. The van der Waals surface area contributed by atoms with E-state index in [0.717, 1.165) is 15.9 Å². The maximum absolute atomic E-state index is 14.3. The molecule has 1 aromatic heterocycles. The molecule has 1 atom stereocenters. The largest absolute Gasteiger partial charge is 0.481 e. The first kappa shape index (κ1) is 29.5. The number of terminal acetylenes is 2. The Balaban J connectivity index is 1.98. The number of carbonyl (C=O) groups excluding carboxylic acids is 1. The van der Waals surface area contributed by atoms with E-state index in [9.17, 15) is 22.8 Å². The molecule has 0 fully saturated rings. The molecule has 1 aliphatic heterocycles. The van der Waals surface area contributed by atoms with Gasteiger partial charge in [-0.05, 0) is 42.8 Å². The summed E-state index contributed by atoms with van der Waals surface area (Å²) in [4.78, 5) is 30.2. The van der Waals surface area contributed by atoms with Crippen LogP contribution in [0, 0.1) is 24.7 Å². The smallest absolute Gasteiger partial charge is 0.434 e.